The van der Waals surface area contributed by atoms with Crippen LogP contribution in [-0.2, 0) is 10.2 Å². The molecule has 0 aliphatic carbocycles. The van der Waals surface area contributed by atoms with Crippen LogP contribution in [0.15, 0.2) is 48.5 Å². The lowest BCUT2D eigenvalue weighted by molar-refractivity contribution is 0.0487. The molecule has 2 aromatic rings. The van der Waals surface area contributed by atoms with E-state index in [-0.39, 0.29) is 11.3 Å². The molecule has 3 rings (SSSR count). The smallest absolute Gasteiger partial charge is 0.251 e. The molecule has 1 fully saturated rings. The van der Waals surface area contributed by atoms with E-state index in [1.54, 1.807) is 18.2 Å². The quantitative estimate of drug-likeness (QED) is 0.869. The van der Waals surface area contributed by atoms with Gasteiger partial charge in [-0.2, -0.15) is 0 Å². The van der Waals surface area contributed by atoms with E-state index in [9.17, 15) is 4.79 Å². The Balaban J connectivity index is 1.77. The van der Waals surface area contributed by atoms with Crippen molar-refractivity contribution in [3.63, 3.8) is 0 Å². The highest BCUT2D eigenvalue weighted by atomic mass is 35.5. The van der Waals surface area contributed by atoms with Gasteiger partial charge < -0.3 is 10.1 Å². The van der Waals surface area contributed by atoms with Crippen molar-refractivity contribution < 1.29 is 9.53 Å². The van der Waals surface area contributed by atoms with Crippen molar-refractivity contribution in [2.45, 2.75) is 18.3 Å². The fraction of sp³-hybridized carbons (Fsp3) is 0.316. The second kappa shape index (κ2) is 7.56. The summed E-state index contributed by atoms with van der Waals surface area (Å²) in [5.41, 5.74) is 1.61. The van der Waals surface area contributed by atoms with Crippen LogP contribution >= 0.6 is 23.2 Å². The zero-order valence-corrected chi connectivity index (χ0v) is 14.7. The number of hydrogen-bond donors (Lipinski definition) is 1. The third kappa shape index (κ3) is 3.92. The van der Waals surface area contributed by atoms with Crippen LogP contribution in [0.25, 0.3) is 0 Å². The highest BCUT2D eigenvalue weighted by Gasteiger charge is 2.34. The standard InChI is InChI=1S/C19H19Cl2NO2/c20-16-10-14(11-17(21)12-16)18(23)22-13-19(6-8-24-9-7-19)15-4-2-1-3-5-15/h1-5,10-12H,6-9,13H2,(H,22,23). The maximum atomic E-state index is 12.5. The minimum Gasteiger partial charge on any atom is -0.381 e. The monoisotopic (exact) mass is 363 g/mol. The van der Waals surface area contributed by atoms with Crippen molar-refractivity contribution in [2.75, 3.05) is 19.8 Å². The number of amides is 1. The van der Waals surface area contributed by atoms with Gasteiger partial charge in [0.15, 0.2) is 0 Å². The van der Waals surface area contributed by atoms with Gasteiger partial charge in [-0.15, -0.1) is 0 Å². The number of nitrogens with one attached hydrogen (secondary N) is 1. The molecule has 1 heterocycles. The Kier molecular flexibility index (Phi) is 5.44. The van der Waals surface area contributed by atoms with Crippen LogP contribution in [0.5, 0.6) is 0 Å². The second-order valence-corrected chi connectivity index (χ2v) is 6.97. The Bertz CT molecular complexity index is 692. The first-order valence-corrected chi connectivity index (χ1v) is 8.72. The number of benzene rings is 2. The summed E-state index contributed by atoms with van der Waals surface area (Å²) >= 11 is 12.0. The van der Waals surface area contributed by atoms with Crippen molar-refractivity contribution in [1.82, 2.24) is 5.32 Å². The Hall–Kier alpha value is -1.55. The molecule has 0 unspecified atom stereocenters. The SMILES string of the molecule is O=C(NCC1(c2ccccc2)CCOCC1)c1cc(Cl)cc(Cl)c1. The Morgan fingerprint density at radius 2 is 1.67 bits per heavy atom. The summed E-state index contributed by atoms with van der Waals surface area (Å²) in [5.74, 6) is -0.166. The van der Waals surface area contributed by atoms with Crippen LogP contribution in [0, 0.1) is 0 Å². The lowest BCUT2D eigenvalue weighted by Crippen LogP contribution is -2.44. The maximum absolute atomic E-state index is 12.5. The molecule has 5 heteroatoms. The summed E-state index contributed by atoms with van der Waals surface area (Å²) in [7, 11) is 0. The molecule has 0 bridgehead atoms. The normalized spacial score (nSPS) is 16.6. The zero-order valence-electron chi connectivity index (χ0n) is 13.2. The van der Waals surface area contributed by atoms with Crippen LogP contribution in [0.1, 0.15) is 28.8 Å². The van der Waals surface area contributed by atoms with E-state index in [1.165, 1.54) is 5.56 Å². The van der Waals surface area contributed by atoms with E-state index in [0.29, 0.717) is 35.4 Å². The van der Waals surface area contributed by atoms with Crippen LogP contribution in [0.2, 0.25) is 10.0 Å². The lowest BCUT2D eigenvalue weighted by atomic mass is 9.74. The van der Waals surface area contributed by atoms with Gasteiger partial charge in [-0.1, -0.05) is 53.5 Å². The van der Waals surface area contributed by atoms with E-state index in [2.05, 4.69) is 17.4 Å². The lowest BCUT2D eigenvalue weighted by Gasteiger charge is -2.38. The highest BCUT2D eigenvalue weighted by molar-refractivity contribution is 6.35. The molecule has 24 heavy (non-hydrogen) atoms. The molecule has 1 saturated heterocycles. The number of rotatable bonds is 4. The summed E-state index contributed by atoms with van der Waals surface area (Å²) < 4.78 is 5.52. The van der Waals surface area contributed by atoms with Gasteiger partial charge in [0.1, 0.15) is 0 Å². The fourth-order valence-corrected chi connectivity index (χ4v) is 3.68. The minimum absolute atomic E-state index is 0.0997. The molecule has 0 atom stereocenters. The fourth-order valence-electron chi connectivity index (χ4n) is 3.16. The average molecular weight is 364 g/mol. The van der Waals surface area contributed by atoms with E-state index in [4.69, 9.17) is 27.9 Å². The Morgan fingerprint density at radius 1 is 1.04 bits per heavy atom. The number of carbonyl (C=O) groups is 1. The van der Waals surface area contributed by atoms with Gasteiger partial charge in [0.05, 0.1) is 0 Å². The van der Waals surface area contributed by atoms with Gasteiger partial charge in [-0.3, -0.25) is 4.79 Å². The first-order chi connectivity index (χ1) is 11.6. The summed E-state index contributed by atoms with van der Waals surface area (Å²) in [4.78, 5) is 12.5. The zero-order chi connectivity index (χ0) is 17.0. The number of hydrogen-bond acceptors (Lipinski definition) is 2. The molecule has 0 radical (unpaired) electrons. The topological polar surface area (TPSA) is 38.3 Å². The van der Waals surface area contributed by atoms with Crippen LogP contribution in [-0.4, -0.2) is 25.7 Å². The average Bonchev–Trinajstić information content (AvgIpc) is 2.60. The molecular weight excluding hydrogens is 345 g/mol. The van der Waals surface area contributed by atoms with Crippen LogP contribution in [0.4, 0.5) is 0 Å². The predicted molar refractivity (Wildman–Crippen MR) is 97.0 cm³/mol. The number of carbonyl (C=O) groups excluding carboxylic acids is 1. The third-order valence-electron chi connectivity index (χ3n) is 4.55. The Morgan fingerprint density at radius 3 is 2.29 bits per heavy atom. The summed E-state index contributed by atoms with van der Waals surface area (Å²) in [6.45, 7) is 1.96. The maximum Gasteiger partial charge on any atom is 0.251 e. The minimum atomic E-state index is -0.166. The molecule has 3 nitrogen and oxygen atoms in total. The molecule has 1 N–H and O–H groups in total. The number of halogens is 2. The van der Waals surface area contributed by atoms with Gasteiger partial charge in [0.25, 0.3) is 5.91 Å². The molecule has 1 amide bonds. The highest BCUT2D eigenvalue weighted by Crippen LogP contribution is 2.34. The largest absolute Gasteiger partial charge is 0.381 e. The van der Waals surface area contributed by atoms with Gasteiger partial charge in [0, 0.05) is 40.8 Å². The third-order valence-corrected chi connectivity index (χ3v) is 4.98. The van der Waals surface area contributed by atoms with Gasteiger partial charge in [-0.25, -0.2) is 0 Å². The van der Waals surface area contributed by atoms with Gasteiger partial charge in [0.2, 0.25) is 0 Å². The molecule has 1 aliphatic heterocycles. The van der Waals surface area contributed by atoms with E-state index >= 15 is 0 Å². The second-order valence-electron chi connectivity index (χ2n) is 6.10. The summed E-state index contributed by atoms with van der Waals surface area (Å²) in [6, 6.07) is 15.2. The molecule has 1 aliphatic rings. The van der Waals surface area contributed by atoms with Crippen molar-refractivity contribution in [3.8, 4) is 0 Å². The van der Waals surface area contributed by atoms with E-state index in [1.807, 2.05) is 18.2 Å². The number of ether oxygens (including phenoxy) is 1. The van der Waals surface area contributed by atoms with Crippen LogP contribution < -0.4 is 5.32 Å². The van der Waals surface area contributed by atoms with Gasteiger partial charge >= 0.3 is 0 Å². The van der Waals surface area contributed by atoms with Gasteiger partial charge in [-0.05, 0) is 36.6 Å². The van der Waals surface area contributed by atoms with Crippen molar-refractivity contribution >= 4 is 29.1 Å². The molecule has 2 aromatic carbocycles. The molecule has 126 valence electrons. The summed E-state index contributed by atoms with van der Waals surface area (Å²) in [5, 5.41) is 3.96. The molecule has 0 aromatic heterocycles. The molecule has 0 saturated carbocycles. The van der Waals surface area contributed by atoms with Crippen molar-refractivity contribution in [3.05, 3.63) is 69.7 Å². The molecule has 0 spiro atoms. The van der Waals surface area contributed by atoms with E-state index < -0.39 is 0 Å². The predicted octanol–water partition coefficient (Wildman–Crippen LogP) is 4.47. The van der Waals surface area contributed by atoms with Crippen molar-refractivity contribution in [2.24, 2.45) is 0 Å². The molecular formula is C19H19Cl2NO2. The first kappa shape index (κ1) is 17.3. The Labute approximate surface area is 151 Å². The van der Waals surface area contributed by atoms with Crippen LogP contribution in [0.3, 0.4) is 0 Å². The van der Waals surface area contributed by atoms with E-state index in [0.717, 1.165) is 12.8 Å². The first-order valence-electron chi connectivity index (χ1n) is 7.97. The van der Waals surface area contributed by atoms with Crippen molar-refractivity contribution in [1.29, 1.82) is 0 Å². The summed E-state index contributed by atoms with van der Waals surface area (Å²) in [6.07, 6.45) is 1.77.